The Kier molecular flexibility index (Phi) is 12.7. The number of rotatable bonds is 17. The number of benzene rings is 3. The van der Waals surface area contributed by atoms with Gasteiger partial charge in [0.25, 0.3) is 11.8 Å². The average Bonchev–Trinajstić information content (AvgIpc) is 3.94. The van der Waals surface area contributed by atoms with E-state index >= 15 is 0 Å². The largest absolute Gasteiger partial charge is 0.467 e. The first-order valence-corrected chi connectivity index (χ1v) is 17.2. The fourth-order valence-corrected chi connectivity index (χ4v) is 5.50. The molecule has 1 unspecified atom stereocenters. The maximum Gasteiger partial charge on any atom is 0.422 e. The predicted molar refractivity (Wildman–Crippen MR) is 192 cm³/mol. The lowest BCUT2D eigenvalue weighted by molar-refractivity contribution is -0.154. The van der Waals surface area contributed by atoms with Crippen molar-refractivity contribution in [3.05, 3.63) is 101 Å². The SMILES string of the molecule is COC(=O)[C@H](CCC(=O)C(=O)NCC(C)c1ccccc1)NC(=O)c1ccc(Nc2nc(NC3(c4ccc(Cl)cc4)CC3)nc(OCC(F)(F)F)n2)cc1. The third kappa shape index (κ3) is 11.1. The number of carbonyl (C=O) groups excluding carboxylic acids is 4. The summed E-state index contributed by atoms with van der Waals surface area (Å²) in [6, 6.07) is 20.6. The molecular formula is C37H37ClF3N7O6. The van der Waals surface area contributed by atoms with Gasteiger partial charge in [-0.05, 0) is 72.7 Å². The number of Topliss-reactive ketones (excluding diaryl/α,β-unsaturated/α-hetero) is 1. The minimum Gasteiger partial charge on any atom is -0.467 e. The Hall–Kier alpha value is -5.77. The van der Waals surface area contributed by atoms with Crippen LogP contribution in [0.5, 0.6) is 6.01 Å². The Morgan fingerprint density at radius 1 is 0.907 bits per heavy atom. The minimum absolute atomic E-state index is 0.0281. The molecule has 0 aliphatic heterocycles. The van der Waals surface area contributed by atoms with E-state index in [2.05, 4.69) is 36.2 Å². The molecule has 4 N–H and O–H groups in total. The average molecular weight is 768 g/mol. The number of hydrogen-bond acceptors (Lipinski definition) is 11. The van der Waals surface area contributed by atoms with Crippen LogP contribution in [0.2, 0.25) is 5.02 Å². The van der Waals surface area contributed by atoms with Crippen LogP contribution >= 0.6 is 11.6 Å². The number of anilines is 3. The van der Waals surface area contributed by atoms with Crippen LogP contribution in [0, 0.1) is 0 Å². The zero-order valence-corrected chi connectivity index (χ0v) is 30.0. The molecule has 13 nitrogen and oxygen atoms in total. The monoisotopic (exact) mass is 767 g/mol. The van der Waals surface area contributed by atoms with Crippen LogP contribution in [0.3, 0.4) is 0 Å². The zero-order chi connectivity index (χ0) is 38.9. The molecule has 2 atom stereocenters. The summed E-state index contributed by atoms with van der Waals surface area (Å²) in [5.74, 6) is -3.23. The van der Waals surface area contributed by atoms with Gasteiger partial charge in [0, 0.05) is 29.2 Å². The van der Waals surface area contributed by atoms with Crippen LogP contribution in [-0.4, -0.2) is 71.0 Å². The lowest BCUT2D eigenvalue weighted by atomic mass is 10.0. The van der Waals surface area contributed by atoms with E-state index in [0.717, 1.165) is 18.2 Å². The number of alkyl halides is 3. The van der Waals surface area contributed by atoms with E-state index in [1.54, 1.807) is 12.1 Å². The first kappa shape index (κ1) is 39.4. The molecule has 17 heteroatoms. The van der Waals surface area contributed by atoms with Gasteiger partial charge < -0.3 is 30.7 Å². The molecule has 1 aromatic heterocycles. The molecule has 1 aliphatic rings. The molecule has 0 radical (unpaired) electrons. The van der Waals surface area contributed by atoms with Gasteiger partial charge in [-0.25, -0.2) is 4.79 Å². The Morgan fingerprint density at radius 2 is 1.57 bits per heavy atom. The third-order valence-corrected chi connectivity index (χ3v) is 8.77. The van der Waals surface area contributed by atoms with E-state index in [4.69, 9.17) is 21.1 Å². The summed E-state index contributed by atoms with van der Waals surface area (Å²) in [7, 11) is 1.13. The molecule has 1 heterocycles. The molecule has 0 bridgehead atoms. The molecule has 2 amide bonds. The van der Waals surface area contributed by atoms with Gasteiger partial charge in [-0.1, -0.05) is 61.0 Å². The fraction of sp³-hybridized carbons (Fsp3) is 0.324. The zero-order valence-electron chi connectivity index (χ0n) is 29.2. The van der Waals surface area contributed by atoms with Gasteiger partial charge >= 0.3 is 18.2 Å². The van der Waals surface area contributed by atoms with E-state index in [1.807, 2.05) is 49.4 Å². The minimum atomic E-state index is -4.64. The maximum absolute atomic E-state index is 13.1. The molecule has 5 rings (SSSR count). The summed E-state index contributed by atoms with van der Waals surface area (Å²) in [5, 5.41) is 11.7. The molecular weight excluding hydrogens is 731 g/mol. The van der Waals surface area contributed by atoms with E-state index in [9.17, 15) is 32.3 Å². The summed E-state index contributed by atoms with van der Waals surface area (Å²) in [5.41, 5.74) is 1.81. The lowest BCUT2D eigenvalue weighted by Gasteiger charge is -2.19. The number of ketones is 1. The molecule has 1 fully saturated rings. The Bertz CT molecular complexity index is 1950. The highest BCUT2D eigenvalue weighted by atomic mass is 35.5. The number of esters is 1. The summed E-state index contributed by atoms with van der Waals surface area (Å²) >= 11 is 6.03. The summed E-state index contributed by atoms with van der Waals surface area (Å²) in [6.07, 6.45) is -3.73. The molecule has 1 aliphatic carbocycles. The predicted octanol–water partition coefficient (Wildman–Crippen LogP) is 5.85. The van der Waals surface area contributed by atoms with Crippen LogP contribution in [-0.2, 0) is 24.7 Å². The van der Waals surface area contributed by atoms with Crippen molar-refractivity contribution >= 4 is 52.8 Å². The van der Waals surface area contributed by atoms with Crippen LogP contribution in [0.4, 0.5) is 30.8 Å². The second-order valence-corrected chi connectivity index (χ2v) is 13.1. The number of nitrogens with one attached hydrogen (secondary N) is 4. The molecule has 0 saturated heterocycles. The number of aromatic nitrogens is 3. The smallest absolute Gasteiger partial charge is 0.422 e. The molecule has 0 spiro atoms. The first-order chi connectivity index (χ1) is 25.7. The Balaban J connectivity index is 1.20. The van der Waals surface area contributed by atoms with Gasteiger partial charge in [-0.3, -0.25) is 14.4 Å². The Morgan fingerprint density at radius 3 is 2.20 bits per heavy atom. The number of ether oxygens (including phenoxy) is 2. The van der Waals surface area contributed by atoms with E-state index < -0.39 is 53.9 Å². The van der Waals surface area contributed by atoms with Gasteiger partial charge in [0.1, 0.15) is 6.04 Å². The van der Waals surface area contributed by atoms with E-state index in [-0.39, 0.29) is 42.8 Å². The highest BCUT2D eigenvalue weighted by molar-refractivity contribution is 6.36. The van der Waals surface area contributed by atoms with Crippen molar-refractivity contribution in [2.45, 2.75) is 56.3 Å². The molecule has 54 heavy (non-hydrogen) atoms. The second kappa shape index (κ2) is 17.4. The lowest BCUT2D eigenvalue weighted by Crippen LogP contribution is -2.42. The van der Waals surface area contributed by atoms with E-state index in [0.29, 0.717) is 23.6 Å². The second-order valence-electron chi connectivity index (χ2n) is 12.6. The highest BCUT2D eigenvalue weighted by Crippen LogP contribution is 2.48. The topological polar surface area (TPSA) is 174 Å². The standard InChI is InChI=1S/C37H37ClF3N7O6/c1-22(23-6-4-3-5-7-23)20-42-31(51)29(49)17-16-28(32(52)53-2)44-30(50)24-8-14-27(15-9-24)43-33-45-34(47-35(46-33)54-21-37(39,40)41)48-36(18-19-36)25-10-12-26(38)13-11-25/h3-15,22,28H,16-21H2,1-2H3,(H,42,51)(H,44,50)(H2,43,45,46,47,48)/t22?,28-/m0/s1. The molecule has 4 aromatic rings. The van der Waals surface area contributed by atoms with E-state index in [1.165, 1.54) is 24.3 Å². The van der Waals surface area contributed by atoms with Gasteiger partial charge in [0.2, 0.25) is 17.7 Å². The number of methoxy groups -OCH3 is 1. The van der Waals surface area contributed by atoms with Crippen LogP contribution < -0.4 is 26.0 Å². The summed E-state index contributed by atoms with van der Waals surface area (Å²) in [6.45, 7) is 0.525. The van der Waals surface area contributed by atoms with Gasteiger partial charge in [0.05, 0.1) is 12.6 Å². The Labute approximate surface area is 313 Å². The molecule has 284 valence electrons. The van der Waals surface area contributed by atoms with Crippen molar-refractivity contribution in [2.75, 3.05) is 30.9 Å². The third-order valence-electron chi connectivity index (χ3n) is 8.52. The van der Waals surface area contributed by atoms with Crippen LogP contribution in [0.1, 0.15) is 60.0 Å². The van der Waals surface area contributed by atoms with Gasteiger partial charge in [0.15, 0.2) is 6.61 Å². The molecule has 3 aromatic carbocycles. The van der Waals surface area contributed by atoms with Crippen molar-refractivity contribution < 1.29 is 41.8 Å². The van der Waals surface area contributed by atoms with Gasteiger partial charge in [-0.15, -0.1) is 0 Å². The highest BCUT2D eigenvalue weighted by Gasteiger charge is 2.45. The van der Waals surface area contributed by atoms with Crippen LogP contribution in [0.25, 0.3) is 0 Å². The first-order valence-electron chi connectivity index (χ1n) is 16.9. The van der Waals surface area contributed by atoms with Crippen molar-refractivity contribution in [3.8, 4) is 6.01 Å². The number of hydrogen-bond donors (Lipinski definition) is 4. The number of carbonyl (C=O) groups is 4. The molecule has 1 saturated carbocycles. The summed E-state index contributed by atoms with van der Waals surface area (Å²) in [4.78, 5) is 62.9. The van der Waals surface area contributed by atoms with Crippen molar-refractivity contribution in [3.63, 3.8) is 0 Å². The fourth-order valence-electron chi connectivity index (χ4n) is 5.37. The number of nitrogens with zero attached hydrogens (tertiary/aromatic N) is 3. The quantitative estimate of drug-likeness (QED) is 0.0750. The maximum atomic E-state index is 13.1. The van der Waals surface area contributed by atoms with Crippen molar-refractivity contribution in [1.29, 1.82) is 0 Å². The summed E-state index contributed by atoms with van der Waals surface area (Å²) < 4.78 is 48.5. The van der Waals surface area contributed by atoms with Gasteiger partial charge in [-0.2, -0.15) is 28.1 Å². The van der Waals surface area contributed by atoms with Crippen LogP contribution in [0.15, 0.2) is 78.9 Å². The van der Waals surface area contributed by atoms with Crippen molar-refractivity contribution in [2.24, 2.45) is 0 Å². The van der Waals surface area contributed by atoms with Crippen molar-refractivity contribution in [1.82, 2.24) is 25.6 Å². The number of amides is 2. The normalized spacial score (nSPS) is 14.2. The number of halogens is 4.